The summed E-state index contributed by atoms with van der Waals surface area (Å²) >= 11 is 0. The molecule has 0 aromatic heterocycles. The maximum atomic E-state index is 13.0. The number of hydrogen-bond donors (Lipinski definition) is 7. The summed E-state index contributed by atoms with van der Waals surface area (Å²) in [6, 6.07) is -0.973. The number of allylic oxidation sites excluding steroid dienone is 1. The van der Waals surface area contributed by atoms with Crippen molar-refractivity contribution in [1.82, 2.24) is 5.32 Å². The molecule has 0 aromatic carbocycles. The molecule has 0 aliphatic carbocycles. The molecule has 1 amide bonds. The molecule has 10 heteroatoms. The molecule has 0 spiro atoms. The Hall–Kier alpha value is -1.11. The molecule has 8 atom stereocenters. The molecule has 7 N–H and O–H groups in total. The van der Waals surface area contributed by atoms with Gasteiger partial charge in [0.25, 0.3) is 0 Å². The standard InChI is InChI=1S/C46H89NO9/c1-3-5-7-9-11-13-15-16-17-18-19-20-21-22-23-25-27-29-31-33-35-40(50)45(54)47-38(37-55-46-44(53)43(52)42(51)41(36-48)56-46)39(49)34-32-30-28-26-24-14-12-10-8-6-4-2/h32,34,38-44,46,48-53H,3-31,33,35-37H2,1-2H3,(H,47,54). The Morgan fingerprint density at radius 3 is 1.45 bits per heavy atom. The third kappa shape index (κ3) is 26.8. The molecule has 0 aromatic rings. The zero-order chi connectivity index (χ0) is 41.1. The Balaban J connectivity index is 2.34. The largest absolute Gasteiger partial charge is 0.394 e. The summed E-state index contributed by atoms with van der Waals surface area (Å²) in [7, 11) is 0. The van der Waals surface area contributed by atoms with E-state index in [1.54, 1.807) is 6.08 Å². The quantitative estimate of drug-likeness (QED) is 0.0238. The first-order valence-corrected chi connectivity index (χ1v) is 23.5. The molecule has 10 nitrogen and oxygen atoms in total. The second-order valence-electron chi connectivity index (χ2n) is 16.7. The highest BCUT2D eigenvalue weighted by Crippen LogP contribution is 2.23. The normalized spacial score (nSPS) is 21.8. The fourth-order valence-electron chi connectivity index (χ4n) is 7.57. The molecule has 0 radical (unpaired) electrons. The third-order valence-electron chi connectivity index (χ3n) is 11.5. The second kappa shape index (κ2) is 36.9. The van der Waals surface area contributed by atoms with Crippen LogP contribution in [0.2, 0.25) is 0 Å². The van der Waals surface area contributed by atoms with Crippen LogP contribution in [0.5, 0.6) is 0 Å². The van der Waals surface area contributed by atoms with E-state index >= 15 is 0 Å². The molecule has 1 fully saturated rings. The van der Waals surface area contributed by atoms with Crippen LogP contribution in [0.15, 0.2) is 12.2 Å². The van der Waals surface area contributed by atoms with Crippen LogP contribution in [-0.2, 0) is 14.3 Å². The van der Waals surface area contributed by atoms with Crippen LogP contribution in [0, 0.1) is 0 Å². The third-order valence-corrected chi connectivity index (χ3v) is 11.5. The molecule has 1 heterocycles. The van der Waals surface area contributed by atoms with E-state index in [9.17, 15) is 35.4 Å². The SMILES string of the molecule is CCCCCCCCCCCC=CC(O)C(COC1OC(CO)C(O)C(O)C1O)NC(=O)C(O)CCCCCCCCCCCCCCCCCCCCCC. The van der Waals surface area contributed by atoms with E-state index in [2.05, 4.69) is 19.2 Å². The van der Waals surface area contributed by atoms with Gasteiger partial charge in [-0.05, 0) is 19.3 Å². The van der Waals surface area contributed by atoms with Crippen LogP contribution in [0.3, 0.4) is 0 Å². The number of amides is 1. The van der Waals surface area contributed by atoms with E-state index in [1.165, 1.54) is 148 Å². The monoisotopic (exact) mass is 800 g/mol. The van der Waals surface area contributed by atoms with Crippen molar-refractivity contribution in [2.24, 2.45) is 0 Å². The summed E-state index contributed by atoms with van der Waals surface area (Å²) in [5.41, 5.74) is 0. The molecule has 1 aliphatic rings. The number of rotatable bonds is 39. The lowest BCUT2D eigenvalue weighted by Crippen LogP contribution is -2.60. The van der Waals surface area contributed by atoms with Crippen molar-refractivity contribution in [2.45, 2.75) is 262 Å². The zero-order valence-electron chi connectivity index (χ0n) is 36.0. The van der Waals surface area contributed by atoms with Crippen molar-refractivity contribution in [1.29, 1.82) is 0 Å². The lowest BCUT2D eigenvalue weighted by Gasteiger charge is -2.40. The molecule has 0 bridgehead atoms. The van der Waals surface area contributed by atoms with Gasteiger partial charge < -0.3 is 45.4 Å². The van der Waals surface area contributed by atoms with Gasteiger partial charge in [-0.25, -0.2) is 0 Å². The maximum absolute atomic E-state index is 13.0. The lowest BCUT2D eigenvalue weighted by atomic mass is 9.99. The first-order chi connectivity index (χ1) is 27.3. The van der Waals surface area contributed by atoms with E-state index in [-0.39, 0.29) is 6.61 Å². The number of nitrogens with one attached hydrogen (secondary N) is 1. The minimum Gasteiger partial charge on any atom is -0.394 e. The molecular weight excluding hydrogens is 711 g/mol. The Kier molecular flexibility index (Phi) is 34.9. The van der Waals surface area contributed by atoms with E-state index in [1.807, 2.05) is 6.08 Å². The van der Waals surface area contributed by atoms with Crippen molar-refractivity contribution in [2.75, 3.05) is 13.2 Å². The molecule has 8 unspecified atom stereocenters. The Morgan fingerprint density at radius 2 is 1.02 bits per heavy atom. The van der Waals surface area contributed by atoms with Gasteiger partial charge in [-0.1, -0.05) is 206 Å². The van der Waals surface area contributed by atoms with Crippen LogP contribution in [-0.4, -0.2) is 98.7 Å². The summed E-state index contributed by atoms with van der Waals surface area (Å²) in [6.45, 7) is 3.60. The van der Waals surface area contributed by atoms with Crippen molar-refractivity contribution in [3.05, 3.63) is 12.2 Å². The average molecular weight is 800 g/mol. The predicted octanol–water partition coefficient (Wildman–Crippen LogP) is 8.70. The van der Waals surface area contributed by atoms with Gasteiger partial charge in [0.15, 0.2) is 6.29 Å². The highest BCUT2D eigenvalue weighted by Gasteiger charge is 2.44. The van der Waals surface area contributed by atoms with Crippen LogP contribution < -0.4 is 5.32 Å². The number of ether oxygens (including phenoxy) is 2. The van der Waals surface area contributed by atoms with Crippen molar-refractivity contribution in [3.63, 3.8) is 0 Å². The van der Waals surface area contributed by atoms with E-state index in [4.69, 9.17) is 9.47 Å². The fourth-order valence-corrected chi connectivity index (χ4v) is 7.57. The Labute approximate surface area is 342 Å². The number of carbonyl (C=O) groups is 1. The summed E-state index contributed by atoms with van der Waals surface area (Å²) in [6.07, 6.45) is 31.6. The highest BCUT2D eigenvalue weighted by atomic mass is 16.7. The molecular formula is C46H89NO9. The average Bonchev–Trinajstić information content (AvgIpc) is 3.20. The number of aliphatic hydroxyl groups excluding tert-OH is 6. The maximum Gasteiger partial charge on any atom is 0.249 e. The van der Waals surface area contributed by atoms with Gasteiger partial charge in [0.2, 0.25) is 5.91 Å². The van der Waals surface area contributed by atoms with E-state index in [0.717, 1.165) is 44.9 Å². The zero-order valence-corrected chi connectivity index (χ0v) is 36.0. The Morgan fingerprint density at radius 1 is 0.607 bits per heavy atom. The smallest absolute Gasteiger partial charge is 0.249 e. The van der Waals surface area contributed by atoms with Gasteiger partial charge >= 0.3 is 0 Å². The molecule has 1 saturated heterocycles. The van der Waals surface area contributed by atoms with Gasteiger partial charge in [-0.3, -0.25) is 4.79 Å². The van der Waals surface area contributed by atoms with Gasteiger partial charge in [-0.2, -0.15) is 0 Å². The van der Waals surface area contributed by atoms with Crippen LogP contribution in [0.1, 0.15) is 213 Å². The summed E-state index contributed by atoms with van der Waals surface area (Å²) in [4.78, 5) is 13.0. The predicted molar refractivity (Wildman–Crippen MR) is 227 cm³/mol. The number of aliphatic hydroxyl groups is 6. The van der Waals surface area contributed by atoms with E-state index < -0.39 is 61.5 Å². The van der Waals surface area contributed by atoms with Crippen LogP contribution >= 0.6 is 0 Å². The van der Waals surface area contributed by atoms with Crippen molar-refractivity contribution < 1.29 is 44.9 Å². The number of unbranched alkanes of at least 4 members (excludes halogenated alkanes) is 28. The van der Waals surface area contributed by atoms with Gasteiger partial charge in [0.05, 0.1) is 25.4 Å². The van der Waals surface area contributed by atoms with Gasteiger partial charge in [0.1, 0.15) is 30.5 Å². The molecule has 0 saturated carbocycles. The van der Waals surface area contributed by atoms with Crippen molar-refractivity contribution >= 4 is 5.91 Å². The summed E-state index contributed by atoms with van der Waals surface area (Å²) in [5.74, 6) is -0.614. The number of carbonyl (C=O) groups excluding carboxylic acids is 1. The summed E-state index contributed by atoms with van der Waals surface area (Å²) in [5, 5.41) is 64.6. The lowest BCUT2D eigenvalue weighted by molar-refractivity contribution is -0.302. The number of hydrogen-bond acceptors (Lipinski definition) is 9. The summed E-state index contributed by atoms with van der Waals surface area (Å²) < 4.78 is 11.1. The minimum atomic E-state index is -1.61. The molecule has 56 heavy (non-hydrogen) atoms. The molecule has 332 valence electrons. The van der Waals surface area contributed by atoms with Gasteiger partial charge in [0, 0.05) is 0 Å². The Bertz CT molecular complexity index is 906. The van der Waals surface area contributed by atoms with Crippen LogP contribution in [0.25, 0.3) is 0 Å². The molecule has 1 rings (SSSR count). The minimum absolute atomic E-state index is 0.302. The van der Waals surface area contributed by atoms with Crippen molar-refractivity contribution in [3.8, 4) is 0 Å². The van der Waals surface area contributed by atoms with Gasteiger partial charge in [-0.15, -0.1) is 0 Å². The first-order valence-electron chi connectivity index (χ1n) is 23.5. The van der Waals surface area contributed by atoms with E-state index in [0.29, 0.717) is 6.42 Å². The topological polar surface area (TPSA) is 169 Å². The molecule has 1 aliphatic heterocycles. The second-order valence-corrected chi connectivity index (χ2v) is 16.7. The highest BCUT2D eigenvalue weighted by molar-refractivity contribution is 5.80. The first kappa shape index (κ1) is 52.9. The fraction of sp³-hybridized carbons (Fsp3) is 0.935. The van der Waals surface area contributed by atoms with Crippen LogP contribution in [0.4, 0.5) is 0 Å².